The predicted octanol–water partition coefficient (Wildman–Crippen LogP) is 0.158. The summed E-state index contributed by atoms with van der Waals surface area (Å²) in [6, 6.07) is 0. The molecule has 14 heavy (non-hydrogen) atoms. The van der Waals surface area contributed by atoms with E-state index in [-0.39, 0.29) is 12.6 Å². The average Bonchev–Trinajstić information content (AvgIpc) is 2.59. The predicted molar refractivity (Wildman–Crippen MR) is 50.5 cm³/mol. The minimum Gasteiger partial charge on any atom is -0.459 e. The van der Waals surface area contributed by atoms with Crippen molar-refractivity contribution in [2.24, 2.45) is 0 Å². The average molecular weight is 198 g/mol. The molecule has 1 aliphatic rings. The van der Waals surface area contributed by atoms with Crippen molar-refractivity contribution in [2.45, 2.75) is 25.0 Å². The van der Waals surface area contributed by atoms with Gasteiger partial charge in [-0.1, -0.05) is 24.3 Å². The molecule has 0 radical (unpaired) electrons. The first-order chi connectivity index (χ1) is 6.74. The Labute approximate surface area is 82.5 Å². The maximum atomic E-state index is 10.7. The van der Waals surface area contributed by atoms with Crippen LogP contribution in [0.3, 0.4) is 0 Å². The van der Waals surface area contributed by atoms with Gasteiger partial charge in [0.05, 0.1) is 6.61 Å². The number of carbonyl (C=O) groups excluding carboxylic acids is 1. The number of cyclic esters (lactones) is 1. The van der Waals surface area contributed by atoms with Crippen LogP contribution in [0, 0.1) is 0 Å². The van der Waals surface area contributed by atoms with E-state index < -0.39 is 12.2 Å². The van der Waals surface area contributed by atoms with Crippen LogP contribution in [-0.4, -0.2) is 35.0 Å². The Morgan fingerprint density at radius 2 is 2.36 bits per heavy atom. The second-order valence-electron chi connectivity index (χ2n) is 3.05. The molecule has 1 fully saturated rings. The van der Waals surface area contributed by atoms with E-state index in [2.05, 4.69) is 0 Å². The molecule has 1 aliphatic heterocycles. The van der Waals surface area contributed by atoms with E-state index in [0.29, 0.717) is 12.8 Å². The molecule has 0 aromatic rings. The van der Waals surface area contributed by atoms with Crippen molar-refractivity contribution in [2.75, 3.05) is 6.61 Å². The first-order valence-electron chi connectivity index (χ1n) is 4.56. The van der Waals surface area contributed by atoms with Crippen molar-refractivity contribution >= 4 is 5.97 Å². The Hall–Kier alpha value is -1.13. The number of esters is 1. The molecule has 0 aromatic heterocycles. The highest BCUT2D eigenvalue weighted by Crippen LogP contribution is 2.17. The quantitative estimate of drug-likeness (QED) is 0.498. The van der Waals surface area contributed by atoms with E-state index >= 15 is 0 Å². The van der Waals surface area contributed by atoms with Crippen molar-refractivity contribution in [3.63, 3.8) is 0 Å². The van der Waals surface area contributed by atoms with Crippen LogP contribution in [0.15, 0.2) is 24.3 Å². The fraction of sp³-hybridized carbons (Fsp3) is 0.500. The Bertz CT molecular complexity index is 245. The van der Waals surface area contributed by atoms with E-state index in [4.69, 9.17) is 9.84 Å². The van der Waals surface area contributed by atoms with E-state index in [9.17, 15) is 9.90 Å². The van der Waals surface area contributed by atoms with Crippen molar-refractivity contribution in [3.8, 4) is 0 Å². The topological polar surface area (TPSA) is 66.8 Å². The summed E-state index contributed by atoms with van der Waals surface area (Å²) in [4.78, 5) is 10.7. The number of aliphatic hydroxyl groups excluding tert-OH is 2. The number of carbonyl (C=O) groups is 1. The second-order valence-corrected chi connectivity index (χ2v) is 3.05. The van der Waals surface area contributed by atoms with Gasteiger partial charge in [-0.15, -0.1) is 0 Å². The summed E-state index contributed by atoms with van der Waals surface area (Å²) in [7, 11) is 0. The zero-order valence-corrected chi connectivity index (χ0v) is 7.80. The maximum Gasteiger partial charge on any atom is 0.306 e. The molecular formula is C10H14O4. The molecule has 4 heteroatoms. The number of ether oxygens (including phenoxy) is 1. The van der Waals surface area contributed by atoms with Crippen molar-refractivity contribution in [1.82, 2.24) is 0 Å². The highest BCUT2D eigenvalue weighted by molar-refractivity contribution is 5.71. The van der Waals surface area contributed by atoms with Crippen LogP contribution >= 0.6 is 0 Å². The van der Waals surface area contributed by atoms with Crippen LogP contribution in [0.25, 0.3) is 0 Å². The number of rotatable bonds is 4. The lowest BCUT2D eigenvalue weighted by Crippen LogP contribution is -2.23. The molecule has 1 rings (SSSR count). The largest absolute Gasteiger partial charge is 0.459 e. The third-order valence-electron chi connectivity index (χ3n) is 1.96. The van der Waals surface area contributed by atoms with Crippen LogP contribution in [0.1, 0.15) is 12.8 Å². The van der Waals surface area contributed by atoms with Gasteiger partial charge in [0.15, 0.2) is 0 Å². The molecule has 1 heterocycles. The molecule has 0 aromatic carbocycles. The molecule has 2 N–H and O–H groups in total. The van der Waals surface area contributed by atoms with E-state index in [1.165, 1.54) is 6.08 Å². The maximum absolute atomic E-state index is 10.7. The number of hydrogen-bond acceptors (Lipinski definition) is 4. The van der Waals surface area contributed by atoms with Gasteiger partial charge in [0.1, 0.15) is 12.2 Å². The molecule has 2 atom stereocenters. The molecule has 0 aliphatic carbocycles. The summed E-state index contributed by atoms with van der Waals surface area (Å²) in [5.41, 5.74) is 0. The molecule has 4 nitrogen and oxygen atoms in total. The first kappa shape index (κ1) is 10.9. The third-order valence-corrected chi connectivity index (χ3v) is 1.96. The number of aliphatic hydroxyl groups is 2. The molecule has 0 saturated carbocycles. The fourth-order valence-electron chi connectivity index (χ4n) is 1.23. The van der Waals surface area contributed by atoms with Gasteiger partial charge in [-0.05, 0) is 6.42 Å². The van der Waals surface area contributed by atoms with Crippen LogP contribution in [-0.2, 0) is 9.53 Å². The van der Waals surface area contributed by atoms with Gasteiger partial charge >= 0.3 is 5.97 Å². The van der Waals surface area contributed by atoms with Crippen LogP contribution in [0.5, 0.6) is 0 Å². The minimum absolute atomic E-state index is 0.0289. The highest BCUT2D eigenvalue weighted by atomic mass is 16.6. The standard InChI is InChI=1S/C10H14O4/c11-7-3-1-2-4-8(12)9-5-6-10(13)14-9/h1-4,8-9,11-12H,5-7H2/b3-1+,4-2-/t8-,9?/m0/s1. The Morgan fingerprint density at radius 3 is 2.93 bits per heavy atom. The van der Waals surface area contributed by atoms with Crippen LogP contribution < -0.4 is 0 Å². The van der Waals surface area contributed by atoms with E-state index in [1.807, 2.05) is 0 Å². The summed E-state index contributed by atoms with van der Waals surface area (Å²) in [6.07, 6.45) is 6.09. The molecule has 0 bridgehead atoms. The second kappa shape index (κ2) is 5.57. The Morgan fingerprint density at radius 1 is 1.57 bits per heavy atom. The van der Waals surface area contributed by atoms with Crippen molar-refractivity contribution in [1.29, 1.82) is 0 Å². The lowest BCUT2D eigenvalue weighted by Gasteiger charge is -2.12. The van der Waals surface area contributed by atoms with Gasteiger partial charge in [0.25, 0.3) is 0 Å². The smallest absolute Gasteiger partial charge is 0.306 e. The zero-order chi connectivity index (χ0) is 10.4. The molecule has 0 amide bonds. The summed E-state index contributed by atoms with van der Waals surface area (Å²) < 4.78 is 4.87. The summed E-state index contributed by atoms with van der Waals surface area (Å²) in [5.74, 6) is -0.256. The highest BCUT2D eigenvalue weighted by Gasteiger charge is 2.27. The number of allylic oxidation sites excluding steroid dienone is 2. The third kappa shape index (κ3) is 3.32. The first-order valence-corrected chi connectivity index (χ1v) is 4.56. The molecule has 78 valence electrons. The molecule has 0 spiro atoms. The van der Waals surface area contributed by atoms with E-state index in [0.717, 1.165) is 0 Å². The van der Waals surface area contributed by atoms with Gasteiger partial charge in [-0.3, -0.25) is 4.79 Å². The molecule has 1 saturated heterocycles. The lowest BCUT2D eigenvalue weighted by molar-refractivity contribution is -0.144. The van der Waals surface area contributed by atoms with Gasteiger partial charge in [0.2, 0.25) is 0 Å². The summed E-state index contributed by atoms with van der Waals surface area (Å²) in [5, 5.41) is 17.9. The molecule has 1 unspecified atom stereocenters. The Balaban J connectivity index is 2.34. The van der Waals surface area contributed by atoms with Crippen LogP contribution in [0.4, 0.5) is 0 Å². The van der Waals surface area contributed by atoms with E-state index in [1.54, 1.807) is 18.2 Å². The minimum atomic E-state index is -0.759. The fourth-order valence-corrected chi connectivity index (χ4v) is 1.23. The monoisotopic (exact) mass is 198 g/mol. The Kier molecular flexibility index (Phi) is 4.35. The van der Waals surface area contributed by atoms with Gasteiger partial charge in [-0.2, -0.15) is 0 Å². The lowest BCUT2D eigenvalue weighted by atomic mass is 10.1. The SMILES string of the molecule is O=C1CCC([C@@H](O)/C=C\C=C\CO)O1. The van der Waals surface area contributed by atoms with Crippen molar-refractivity contribution in [3.05, 3.63) is 24.3 Å². The normalized spacial score (nSPS) is 24.7. The van der Waals surface area contributed by atoms with Crippen molar-refractivity contribution < 1.29 is 19.7 Å². The van der Waals surface area contributed by atoms with Crippen LogP contribution in [0.2, 0.25) is 0 Å². The summed E-state index contributed by atoms with van der Waals surface area (Å²) >= 11 is 0. The molecular weight excluding hydrogens is 184 g/mol. The van der Waals surface area contributed by atoms with Gasteiger partial charge in [0, 0.05) is 6.42 Å². The zero-order valence-electron chi connectivity index (χ0n) is 7.80. The van der Waals surface area contributed by atoms with Gasteiger partial charge in [-0.25, -0.2) is 0 Å². The van der Waals surface area contributed by atoms with Gasteiger partial charge < -0.3 is 14.9 Å². The number of hydrogen-bond donors (Lipinski definition) is 2. The summed E-state index contributed by atoms with van der Waals surface area (Å²) in [6.45, 7) is -0.0289.